The maximum Gasteiger partial charge on any atom is 0.246 e. The van der Waals surface area contributed by atoms with E-state index in [1.165, 1.54) is 0 Å². The molecule has 1 aliphatic rings. The Labute approximate surface area is 147 Å². The van der Waals surface area contributed by atoms with Gasteiger partial charge in [-0.1, -0.05) is 28.1 Å². The van der Waals surface area contributed by atoms with Gasteiger partial charge >= 0.3 is 0 Å². The van der Waals surface area contributed by atoms with Gasteiger partial charge in [0.25, 0.3) is 0 Å². The average Bonchev–Trinajstić information content (AvgIpc) is 2.88. The molecule has 0 aliphatic carbocycles. The number of halogens is 1. The van der Waals surface area contributed by atoms with Gasteiger partial charge in [0.2, 0.25) is 11.7 Å². The van der Waals surface area contributed by atoms with Gasteiger partial charge < -0.3 is 14.2 Å². The monoisotopic (exact) mass is 386 g/mol. The van der Waals surface area contributed by atoms with Gasteiger partial charge in [0, 0.05) is 23.9 Å². The van der Waals surface area contributed by atoms with Crippen molar-refractivity contribution in [3.05, 3.63) is 40.9 Å². The van der Waals surface area contributed by atoms with Crippen LogP contribution in [0.2, 0.25) is 0 Å². The Balaban J connectivity index is 1.94. The normalized spacial score (nSPS) is 14.8. The molecule has 2 aromatic carbocycles. The van der Waals surface area contributed by atoms with Crippen LogP contribution in [0.5, 0.6) is 17.4 Å². The molecule has 0 unspecified atom stereocenters. The van der Waals surface area contributed by atoms with Crippen LogP contribution >= 0.6 is 15.9 Å². The molecule has 6 heteroatoms. The summed E-state index contributed by atoms with van der Waals surface area (Å²) in [6.07, 6.45) is 0. The van der Waals surface area contributed by atoms with Crippen molar-refractivity contribution in [2.45, 2.75) is 19.6 Å². The Bertz CT molecular complexity index is 956. The Morgan fingerprint density at radius 3 is 2.67 bits per heavy atom. The number of fused-ring (bicyclic) bond motifs is 3. The first-order chi connectivity index (χ1) is 11.5. The molecule has 2 heterocycles. The molecule has 0 atom stereocenters. The molecule has 3 aromatic rings. The van der Waals surface area contributed by atoms with E-state index >= 15 is 0 Å². The summed E-state index contributed by atoms with van der Waals surface area (Å²) >= 11 is 3.48. The Morgan fingerprint density at radius 2 is 1.92 bits per heavy atom. The number of hydrogen-bond donors (Lipinski definition) is 0. The highest BCUT2D eigenvalue weighted by Gasteiger charge is 2.34. The molecule has 24 heavy (non-hydrogen) atoms. The second-order valence-electron chi connectivity index (χ2n) is 5.96. The smallest absolute Gasteiger partial charge is 0.246 e. The molecule has 4 rings (SSSR count). The zero-order valence-corrected chi connectivity index (χ0v) is 15.0. The predicted octanol–water partition coefficient (Wildman–Crippen LogP) is 4.58. The van der Waals surface area contributed by atoms with Crippen molar-refractivity contribution < 1.29 is 14.2 Å². The summed E-state index contributed by atoms with van der Waals surface area (Å²) in [6, 6.07) is 11.6. The van der Waals surface area contributed by atoms with E-state index in [0.29, 0.717) is 28.6 Å². The van der Waals surface area contributed by atoms with Gasteiger partial charge in [0.15, 0.2) is 11.5 Å². The van der Waals surface area contributed by atoms with Crippen molar-refractivity contribution >= 4 is 27.0 Å². The van der Waals surface area contributed by atoms with E-state index in [-0.39, 0.29) is 0 Å². The van der Waals surface area contributed by atoms with Gasteiger partial charge in [-0.15, -0.1) is 0 Å². The predicted molar refractivity (Wildman–Crippen MR) is 94.6 cm³/mol. The maximum absolute atomic E-state index is 5.88. The first-order valence-corrected chi connectivity index (χ1v) is 8.29. The van der Waals surface area contributed by atoms with Crippen molar-refractivity contribution in [3.63, 3.8) is 0 Å². The van der Waals surface area contributed by atoms with E-state index in [9.17, 15) is 0 Å². The summed E-state index contributed by atoms with van der Waals surface area (Å²) in [5.41, 5.74) is 2.97. The number of benzene rings is 2. The van der Waals surface area contributed by atoms with Gasteiger partial charge in [-0.3, -0.25) is 0 Å². The summed E-state index contributed by atoms with van der Waals surface area (Å²) in [5, 5.41) is 0. The lowest BCUT2D eigenvalue weighted by molar-refractivity contribution is -0.0426. The number of rotatable bonds is 2. The average molecular weight is 387 g/mol. The fraction of sp³-hybridized carbons (Fsp3) is 0.222. The lowest BCUT2D eigenvalue weighted by Crippen LogP contribution is -2.29. The third-order valence-electron chi connectivity index (χ3n) is 3.72. The molecule has 0 bridgehead atoms. The number of nitrogens with zero attached hydrogens (tertiary/aromatic N) is 2. The molecular formula is C18H15BrN2O3. The zero-order valence-electron chi connectivity index (χ0n) is 13.5. The molecule has 0 saturated heterocycles. The summed E-state index contributed by atoms with van der Waals surface area (Å²) in [5.74, 6) is 1.000. The van der Waals surface area contributed by atoms with Gasteiger partial charge in [0.1, 0.15) is 11.2 Å². The van der Waals surface area contributed by atoms with Crippen LogP contribution in [0.3, 0.4) is 0 Å². The topological polar surface area (TPSA) is 53.5 Å². The van der Waals surface area contributed by atoms with Crippen LogP contribution < -0.4 is 14.2 Å². The minimum Gasteiger partial charge on any atom is -0.479 e. The van der Waals surface area contributed by atoms with E-state index in [2.05, 4.69) is 20.9 Å². The fourth-order valence-corrected chi connectivity index (χ4v) is 3.14. The second kappa shape index (κ2) is 5.34. The molecule has 0 spiro atoms. The molecule has 122 valence electrons. The van der Waals surface area contributed by atoms with Crippen LogP contribution in [0.25, 0.3) is 22.3 Å². The van der Waals surface area contributed by atoms with Crippen molar-refractivity contribution in [1.29, 1.82) is 0 Å². The van der Waals surface area contributed by atoms with E-state index < -0.39 is 5.79 Å². The summed E-state index contributed by atoms with van der Waals surface area (Å²) < 4.78 is 18.1. The highest BCUT2D eigenvalue weighted by atomic mass is 79.9. The van der Waals surface area contributed by atoms with Crippen molar-refractivity contribution in [2.75, 3.05) is 7.11 Å². The minimum atomic E-state index is -0.714. The van der Waals surface area contributed by atoms with Crippen molar-refractivity contribution in [3.8, 4) is 28.6 Å². The molecule has 0 radical (unpaired) electrons. The molecule has 0 saturated carbocycles. The van der Waals surface area contributed by atoms with Gasteiger partial charge in [-0.25, -0.2) is 9.97 Å². The van der Waals surface area contributed by atoms with Crippen LogP contribution in [0.4, 0.5) is 0 Å². The molecule has 0 amide bonds. The minimum absolute atomic E-state index is 0.447. The Morgan fingerprint density at radius 1 is 1.08 bits per heavy atom. The first-order valence-electron chi connectivity index (χ1n) is 7.49. The number of methoxy groups -OCH3 is 1. The number of hydrogen-bond acceptors (Lipinski definition) is 5. The van der Waals surface area contributed by atoms with Crippen LogP contribution in [-0.4, -0.2) is 22.9 Å². The third kappa shape index (κ3) is 2.47. The lowest BCUT2D eigenvalue weighted by atomic mass is 10.1. The van der Waals surface area contributed by atoms with Gasteiger partial charge in [-0.05, 0) is 24.3 Å². The largest absolute Gasteiger partial charge is 0.479 e. The summed E-state index contributed by atoms with van der Waals surface area (Å²) in [7, 11) is 1.59. The van der Waals surface area contributed by atoms with E-state index in [1.807, 2.05) is 50.2 Å². The fourth-order valence-electron chi connectivity index (χ4n) is 2.74. The molecule has 0 N–H and O–H groups in total. The third-order valence-corrected chi connectivity index (χ3v) is 4.21. The summed E-state index contributed by atoms with van der Waals surface area (Å²) in [6.45, 7) is 3.72. The van der Waals surface area contributed by atoms with Gasteiger partial charge in [-0.2, -0.15) is 0 Å². The zero-order chi connectivity index (χ0) is 16.9. The van der Waals surface area contributed by atoms with Crippen LogP contribution in [0.15, 0.2) is 40.9 Å². The van der Waals surface area contributed by atoms with E-state index in [4.69, 9.17) is 19.2 Å². The highest BCUT2D eigenvalue weighted by molar-refractivity contribution is 9.10. The Hall–Kier alpha value is -2.34. The number of aromatic nitrogens is 2. The second-order valence-corrected chi connectivity index (χ2v) is 6.87. The van der Waals surface area contributed by atoms with Crippen molar-refractivity contribution in [1.82, 2.24) is 9.97 Å². The number of ether oxygens (including phenoxy) is 3. The Kier molecular flexibility index (Phi) is 3.38. The SMILES string of the molecule is COc1nc2c3c(ccc2nc1-c1cccc(Br)c1)OC(C)(C)O3. The van der Waals surface area contributed by atoms with Gasteiger partial charge in [0.05, 0.1) is 12.6 Å². The standard InChI is InChI=1S/C18H15BrN2O3/c1-18(2)23-13-8-7-12-15(16(13)24-18)21-17(22-3)14(20-12)10-5-4-6-11(19)9-10/h4-9H,1-3H3. The highest BCUT2D eigenvalue weighted by Crippen LogP contribution is 2.44. The first kappa shape index (κ1) is 15.2. The van der Waals surface area contributed by atoms with Crippen LogP contribution in [0, 0.1) is 0 Å². The summed E-state index contributed by atoms with van der Waals surface area (Å²) in [4.78, 5) is 9.37. The maximum atomic E-state index is 5.88. The van der Waals surface area contributed by atoms with Crippen molar-refractivity contribution in [2.24, 2.45) is 0 Å². The molecule has 0 fully saturated rings. The quantitative estimate of drug-likeness (QED) is 0.645. The van der Waals surface area contributed by atoms with Crippen LogP contribution in [0.1, 0.15) is 13.8 Å². The van der Waals surface area contributed by atoms with Crippen LogP contribution in [-0.2, 0) is 0 Å². The molecule has 5 nitrogen and oxygen atoms in total. The molecule has 1 aliphatic heterocycles. The molecule has 1 aromatic heterocycles. The van der Waals surface area contributed by atoms with E-state index in [0.717, 1.165) is 15.6 Å². The van der Waals surface area contributed by atoms with E-state index in [1.54, 1.807) is 7.11 Å². The lowest BCUT2D eigenvalue weighted by Gasteiger charge is -2.16. The molecular weight excluding hydrogens is 372 g/mol.